The van der Waals surface area contributed by atoms with Crippen molar-refractivity contribution in [2.24, 2.45) is 0 Å². The molecule has 0 aliphatic rings. The van der Waals surface area contributed by atoms with Crippen molar-refractivity contribution < 1.29 is 46.2 Å². The third-order valence-electron chi connectivity index (χ3n) is 24.6. The first kappa shape index (κ1) is 101. The van der Waals surface area contributed by atoms with Crippen LogP contribution in [0.15, 0.2) is 538 Å². The number of hydrogen-bond acceptors (Lipinski definition) is 15. The molecule has 0 aliphatic carbocycles. The Bertz CT molecular complexity index is 8590. The van der Waals surface area contributed by atoms with E-state index in [1.54, 1.807) is 48.5 Å². The standard InChI is InChI=1S/C33H23F3N2O3S.C32H24N2O.C17H15N.2C16H13NO.C10H7BrO.C6H7N/c34-33(35,36)42(39,40)41-28-20-18-24-10-8-16-32(30(24)22-28)38(26-13-5-2-6-14-26)27-19-17-23-9-7-15-31(29(23)21-27)37-25-11-3-1-4-12-25;35-28-20-18-24-10-8-16-32(30(24)22-28)34(26-13-5-2-6-14-26)27-19-17-23-9-7-15-31(29(23)21-27)33-25-11-3-1-4-12-25;1-13-10-11-14-6-5-9-17(16(14)12-13)18-15-7-3-2-4-8-15;2*18-14-10-9-12-5-4-8-16(15(12)11-14)17-13-6-2-1-3-7-13;11-10-3-1-2-7-4-5-8(12)6-9(7)10;7-6-4-2-1-3-5-6/h1-22,37H;1-22,33,35H;2-12,18H,1H3;2*1-11,17-18H;1-6,12H;1-5H,7H2. The van der Waals surface area contributed by atoms with E-state index < -0.39 is 21.4 Å². The van der Waals surface area contributed by atoms with E-state index in [9.17, 15) is 42.0 Å². The molecule has 15 nitrogen and oxygen atoms in total. The fourth-order valence-corrected chi connectivity index (χ4v) is 18.4. The Morgan fingerprint density at radius 1 is 0.253 bits per heavy atom. The van der Waals surface area contributed by atoms with Crippen LogP contribution in [0.4, 0.5) is 110 Å². The summed E-state index contributed by atoms with van der Waals surface area (Å²) < 4.78 is 68.1. The lowest BCUT2D eigenvalue weighted by atomic mass is 10.0. The second kappa shape index (κ2) is 47.7. The SMILES string of the molecule is Cc1ccc2cccc(Nc3ccccc3)c2c1.Nc1ccccc1.O=S(=O)(Oc1ccc2cccc(N(c3ccccc3)c3ccc4cccc(Nc5ccccc5)c4c3)c2c1)C(F)(F)F.Oc1ccc2cccc(Br)c2c1.Oc1ccc2cccc(N(c3ccccc3)c3ccc4cccc(Nc5ccccc5)c4c3)c2c1.Oc1ccc2cccc(Nc3ccccc3)c2c1.Oc1ccc2cccc(Nc3ccccc3)c2c1. The summed E-state index contributed by atoms with van der Waals surface area (Å²) in [7, 11) is -5.83. The molecule has 0 radical (unpaired) electrons. The molecule has 738 valence electrons. The van der Waals surface area contributed by atoms with Gasteiger partial charge in [-0.15, -0.1) is 0 Å². The predicted octanol–water partition coefficient (Wildman–Crippen LogP) is 36.4. The van der Waals surface area contributed by atoms with Crippen LogP contribution in [0.2, 0.25) is 0 Å². The highest BCUT2D eigenvalue weighted by molar-refractivity contribution is 9.10. The molecule has 0 amide bonds. The number of nitrogens with two attached hydrogens (primary N) is 1. The van der Waals surface area contributed by atoms with E-state index in [2.05, 4.69) is 186 Å². The van der Waals surface area contributed by atoms with Crippen molar-refractivity contribution in [3.63, 3.8) is 0 Å². The third-order valence-corrected chi connectivity index (χ3v) is 26.2. The summed E-state index contributed by atoms with van der Waals surface area (Å²) in [5, 5.41) is 72.4. The number of anilines is 17. The molecule has 11 N–H and O–H groups in total. The lowest BCUT2D eigenvalue weighted by molar-refractivity contribution is -0.0500. The van der Waals surface area contributed by atoms with Gasteiger partial charge >= 0.3 is 15.6 Å². The number of nitrogens with one attached hydrogen (secondary N) is 5. The normalized spacial score (nSPS) is 10.9. The first-order valence-electron chi connectivity index (χ1n) is 48.3. The van der Waals surface area contributed by atoms with Gasteiger partial charge < -0.3 is 66.7 Å². The van der Waals surface area contributed by atoms with Crippen LogP contribution in [0.3, 0.4) is 0 Å². The van der Waals surface area contributed by atoms with E-state index in [-0.39, 0.29) is 17.2 Å². The Labute approximate surface area is 876 Å². The zero-order valence-electron chi connectivity index (χ0n) is 81.2. The molecule has 20 heteroatoms. The Hall–Kier alpha value is -19.0. The van der Waals surface area contributed by atoms with Crippen LogP contribution in [0.1, 0.15) is 5.56 Å². The lowest BCUT2D eigenvalue weighted by Crippen LogP contribution is -2.28. The number of aromatic hydroxyl groups is 4. The van der Waals surface area contributed by atoms with Crippen LogP contribution >= 0.6 is 15.9 Å². The maximum Gasteiger partial charge on any atom is 0.534 e. The van der Waals surface area contributed by atoms with Crippen LogP contribution in [-0.2, 0) is 10.1 Å². The molecular formula is C130H102BrF3N8O7S. The second-order valence-corrected chi connectivity index (χ2v) is 37.4. The molecule has 0 unspecified atom stereocenters. The Balaban J connectivity index is 0.000000121. The first-order chi connectivity index (χ1) is 73.1. The smallest absolute Gasteiger partial charge is 0.508 e. The second-order valence-electron chi connectivity index (χ2n) is 35.1. The van der Waals surface area contributed by atoms with Gasteiger partial charge in [0, 0.05) is 127 Å². The van der Waals surface area contributed by atoms with Gasteiger partial charge in [-0.3, -0.25) is 0 Å². The van der Waals surface area contributed by atoms with E-state index >= 15 is 0 Å². The van der Waals surface area contributed by atoms with Gasteiger partial charge in [0.05, 0.1) is 11.4 Å². The maximum atomic E-state index is 13.1. The fourth-order valence-electron chi connectivity index (χ4n) is 17.4. The molecule has 150 heavy (non-hydrogen) atoms. The predicted molar refractivity (Wildman–Crippen MR) is 622 cm³/mol. The number of hydrogen-bond donors (Lipinski definition) is 10. The zero-order valence-corrected chi connectivity index (χ0v) is 83.6. The summed E-state index contributed by atoms with van der Waals surface area (Å²) >= 11 is 3.42. The summed E-state index contributed by atoms with van der Waals surface area (Å²) in [6, 6.07) is 173. The highest BCUT2D eigenvalue weighted by Gasteiger charge is 2.48. The zero-order chi connectivity index (χ0) is 104. The number of benzene rings is 24. The molecule has 0 aromatic heterocycles. The summed E-state index contributed by atoms with van der Waals surface area (Å²) in [4.78, 5) is 4.23. The minimum Gasteiger partial charge on any atom is -0.508 e. The minimum atomic E-state index is -5.83. The number of para-hydroxylation sites is 8. The number of phenols is 4. The highest BCUT2D eigenvalue weighted by Crippen LogP contribution is 2.46. The van der Waals surface area contributed by atoms with E-state index in [1.807, 2.05) is 345 Å². The Morgan fingerprint density at radius 2 is 0.507 bits per heavy atom. The molecular weight excluding hydrogens is 1950 g/mol. The van der Waals surface area contributed by atoms with E-state index in [0.29, 0.717) is 22.2 Å². The average molecular weight is 2060 g/mol. The summed E-state index contributed by atoms with van der Waals surface area (Å²) in [6.45, 7) is 2.12. The lowest BCUT2D eigenvalue weighted by Gasteiger charge is -2.27. The van der Waals surface area contributed by atoms with Crippen molar-refractivity contribution in [2.45, 2.75) is 12.4 Å². The van der Waals surface area contributed by atoms with Gasteiger partial charge in [-0.05, 0) is 292 Å². The Morgan fingerprint density at radius 3 is 0.833 bits per heavy atom. The molecule has 0 atom stereocenters. The molecule has 24 aromatic carbocycles. The van der Waals surface area contributed by atoms with Gasteiger partial charge in [0.2, 0.25) is 0 Å². The monoisotopic (exact) mass is 2050 g/mol. The maximum absolute atomic E-state index is 13.1. The molecule has 24 rings (SSSR count). The summed E-state index contributed by atoms with van der Waals surface area (Å²) in [5.74, 6) is 0.683. The topological polar surface area (TPSA) is 217 Å². The fraction of sp³-hybridized carbons (Fsp3) is 0.0154. The molecule has 0 fully saturated rings. The van der Waals surface area contributed by atoms with Crippen molar-refractivity contribution in [3.8, 4) is 28.7 Å². The van der Waals surface area contributed by atoms with Crippen molar-refractivity contribution in [2.75, 3.05) is 42.1 Å². The summed E-state index contributed by atoms with van der Waals surface area (Å²) in [6.07, 6.45) is 0. The van der Waals surface area contributed by atoms with Gasteiger partial charge in [0.25, 0.3) is 0 Å². The average Bonchev–Trinajstić information content (AvgIpc) is 0.758. The van der Waals surface area contributed by atoms with Gasteiger partial charge in [0.1, 0.15) is 28.7 Å². The molecule has 0 saturated heterocycles. The number of rotatable bonds is 18. The number of aryl methyl sites for hydroxylation is 1. The molecule has 0 heterocycles. The van der Waals surface area contributed by atoms with Crippen LogP contribution in [0.25, 0.3) is 86.2 Å². The third kappa shape index (κ3) is 25.7. The quantitative estimate of drug-likeness (QED) is 0.0220. The van der Waals surface area contributed by atoms with Crippen LogP contribution in [-0.4, -0.2) is 34.4 Å². The molecule has 24 aromatic rings. The number of fused-ring (bicyclic) bond motifs is 8. The Kier molecular flexibility index (Phi) is 32.1. The first-order valence-corrected chi connectivity index (χ1v) is 50.5. The molecule has 0 spiro atoms. The van der Waals surface area contributed by atoms with Crippen molar-refractivity contribution in [1.29, 1.82) is 0 Å². The van der Waals surface area contributed by atoms with Crippen LogP contribution in [0, 0.1) is 6.92 Å². The van der Waals surface area contributed by atoms with E-state index in [4.69, 9.17) is 5.73 Å². The molecule has 0 bridgehead atoms. The minimum absolute atomic E-state index is 0.255. The van der Waals surface area contributed by atoms with Crippen molar-refractivity contribution >= 4 is 209 Å². The number of nitrogens with zero attached hydrogens (tertiary/aromatic N) is 2. The van der Waals surface area contributed by atoms with Gasteiger partial charge in [-0.1, -0.05) is 319 Å². The number of halogens is 4. The van der Waals surface area contributed by atoms with E-state index in [1.165, 1.54) is 39.9 Å². The number of phenolic OH excluding ortho intramolecular Hbond substituents is 4. The van der Waals surface area contributed by atoms with Crippen molar-refractivity contribution in [3.05, 3.63) is 544 Å². The number of alkyl halides is 3. The molecule has 0 saturated carbocycles. The molecule has 0 aliphatic heterocycles. The summed E-state index contributed by atoms with van der Waals surface area (Å²) in [5.41, 5.74) is 17.5. The van der Waals surface area contributed by atoms with E-state index in [0.717, 1.165) is 155 Å². The largest absolute Gasteiger partial charge is 0.534 e. The highest BCUT2D eigenvalue weighted by atomic mass is 79.9. The van der Waals surface area contributed by atoms with Crippen LogP contribution < -0.4 is 46.3 Å². The number of nitrogen functional groups attached to an aromatic ring is 1. The van der Waals surface area contributed by atoms with Crippen molar-refractivity contribution in [1.82, 2.24) is 0 Å². The van der Waals surface area contributed by atoms with Gasteiger partial charge in [-0.25, -0.2) is 0 Å². The van der Waals surface area contributed by atoms with Gasteiger partial charge in [0.15, 0.2) is 0 Å². The van der Waals surface area contributed by atoms with Gasteiger partial charge in [-0.2, -0.15) is 21.6 Å². The van der Waals surface area contributed by atoms with Crippen LogP contribution in [0.5, 0.6) is 28.7 Å².